The molecule has 0 spiro atoms. The van der Waals surface area contributed by atoms with E-state index in [1.165, 1.54) is 0 Å². The first-order chi connectivity index (χ1) is 9.61. The van der Waals surface area contributed by atoms with Gasteiger partial charge < -0.3 is 9.64 Å². The first-order valence-electron chi connectivity index (χ1n) is 6.78. The number of nitrogens with zero attached hydrogens (tertiary/aromatic N) is 2. The van der Waals surface area contributed by atoms with E-state index in [1.54, 1.807) is 12.1 Å². The van der Waals surface area contributed by atoms with Gasteiger partial charge in [0.25, 0.3) is 5.69 Å². The Morgan fingerprint density at radius 1 is 1.50 bits per heavy atom. The highest BCUT2D eigenvalue weighted by atomic mass is 35.5. The third-order valence-electron chi connectivity index (χ3n) is 3.55. The van der Waals surface area contributed by atoms with E-state index in [4.69, 9.17) is 16.3 Å². The zero-order valence-electron chi connectivity index (χ0n) is 11.5. The number of halogens is 1. The molecule has 1 atom stereocenters. The number of nitro groups is 1. The van der Waals surface area contributed by atoms with Crippen LogP contribution in [0.5, 0.6) is 0 Å². The van der Waals surface area contributed by atoms with Gasteiger partial charge in [-0.15, -0.1) is 11.6 Å². The topological polar surface area (TPSA) is 55.6 Å². The number of hydrogen-bond acceptors (Lipinski definition) is 4. The monoisotopic (exact) mass is 298 g/mol. The van der Waals surface area contributed by atoms with Gasteiger partial charge in [0.1, 0.15) is 5.69 Å². The molecule has 2 rings (SSSR count). The van der Waals surface area contributed by atoms with Crippen LogP contribution in [0.4, 0.5) is 11.4 Å². The summed E-state index contributed by atoms with van der Waals surface area (Å²) in [4.78, 5) is 12.7. The van der Waals surface area contributed by atoms with Crippen molar-refractivity contribution in [2.75, 3.05) is 25.1 Å². The van der Waals surface area contributed by atoms with Gasteiger partial charge in [0.05, 0.1) is 11.0 Å². The molecule has 1 aliphatic rings. The maximum Gasteiger partial charge on any atom is 0.292 e. The van der Waals surface area contributed by atoms with Crippen LogP contribution in [0.1, 0.15) is 24.8 Å². The van der Waals surface area contributed by atoms with Crippen LogP contribution >= 0.6 is 11.6 Å². The highest BCUT2D eigenvalue weighted by Gasteiger charge is 2.21. The van der Waals surface area contributed by atoms with E-state index in [1.807, 2.05) is 18.0 Å². The number of ether oxygens (including phenoxy) is 1. The minimum Gasteiger partial charge on any atom is -0.376 e. The average molecular weight is 299 g/mol. The summed E-state index contributed by atoms with van der Waals surface area (Å²) in [5.74, 6) is 0.274. The molecule has 0 amide bonds. The quantitative estimate of drug-likeness (QED) is 0.475. The lowest BCUT2D eigenvalue weighted by Gasteiger charge is -2.28. The van der Waals surface area contributed by atoms with E-state index in [0.29, 0.717) is 12.2 Å². The van der Waals surface area contributed by atoms with Gasteiger partial charge >= 0.3 is 0 Å². The van der Waals surface area contributed by atoms with Crippen LogP contribution in [-0.4, -0.2) is 31.2 Å². The first kappa shape index (κ1) is 15.1. The van der Waals surface area contributed by atoms with Crippen molar-refractivity contribution in [2.24, 2.45) is 0 Å². The second-order valence-corrected chi connectivity index (χ2v) is 5.35. The van der Waals surface area contributed by atoms with Crippen LogP contribution in [0, 0.1) is 10.1 Å². The maximum atomic E-state index is 11.2. The largest absolute Gasteiger partial charge is 0.376 e. The molecule has 1 fully saturated rings. The molecular formula is C14H19ClN2O3. The minimum absolute atomic E-state index is 0.0986. The molecule has 1 aromatic carbocycles. The third-order valence-corrected chi connectivity index (χ3v) is 3.86. The number of anilines is 1. The van der Waals surface area contributed by atoms with Crippen LogP contribution in [0.25, 0.3) is 0 Å². The molecule has 110 valence electrons. The lowest BCUT2D eigenvalue weighted by atomic mass is 10.1. The molecule has 0 radical (unpaired) electrons. The van der Waals surface area contributed by atoms with E-state index < -0.39 is 0 Å². The second-order valence-electron chi connectivity index (χ2n) is 5.08. The third kappa shape index (κ3) is 3.61. The van der Waals surface area contributed by atoms with Gasteiger partial charge in [0.15, 0.2) is 0 Å². The number of benzene rings is 1. The molecule has 1 heterocycles. The van der Waals surface area contributed by atoms with Crippen LogP contribution in [0.3, 0.4) is 0 Å². The lowest BCUT2D eigenvalue weighted by Crippen LogP contribution is -2.33. The first-order valence-corrected chi connectivity index (χ1v) is 7.31. The van der Waals surface area contributed by atoms with Gasteiger partial charge in [0.2, 0.25) is 0 Å². The van der Waals surface area contributed by atoms with Gasteiger partial charge in [-0.2, -0.15) is 0 Å². The van der Waals surface area contributed by atoms with Gasteiger partial charge in [0, 0.05) is 32.1 Å². The highest BCUT2D eigenvalue weighted by molar-refractivity contribution is 6.17. The summed E-state index contributed by atoms with van der Waals surface area (Å²) in [6.45, 7) is 1.45. The summed E-state index contributed by atoms with van der Waals surface area (Å²) in [6, 6.07) is 5.13. The van der Waals surface area contributed by atoms with E-state index in [9.17, 15) is 10.1 Å². The molecule has 0 N–H and O–H groups in total. The van der Waals surface area contributed by atoms with Crippen LogP contribution < -0.4 is 4.90 Å². The minimum atomic E-state index is -0.358. The van der Waals surface area contributed by atoms with Gasteiger partial charge in [-0.25, -0.2) is 0 Å². The summed E-state index contributed by atoms with van der Waals surface area (Å²) in [5.41, 5.74) is 1.46. The van der Waals surface area contributed by atoms with Crippen molar-refractivity contribution in [2.45, 2.75) is 31.2 Å². The van der Waals surface area contributed by atoms with Crippen LogP contribution in [-0.2, 0) is 10.6 Å². The summed E-state index contributed by atoms with van der Waals surface area (Å²) in [7, 11) is 1.86. The zero-order chi connectivity index (χ0) is 14.5. The molecule has 1 saturated heterocycles. The standard InChI is InChI=1S/C14H19ClN2O3/c1-16(10-12-4-2-3-7-20-12)13-6-5-11(9-15)8-14(13)17(18)19/h5-6,8,12H,2-4,7,9-10H2,1H3. The molecule has 0 bridgehead atoms. The highest BCUT2D eigenvalue weighted by Crippen LogP contribution is 2.30. The van der Waals surface area contributed by atoms with E-state index in [-0.39, 0.29) is 22.6 Å². The molecule has 5 nitrogen and oxygen atoms in total. The average Bonchev–Trinajstić information content (AvgIpc) is 2.47. The summed E-state index contributed by atoms with van der Waals surface area (Å²) in [5, 5.41) is 11.2. The molecule has 0 aliphatic carbocycles. The predicted molar refractivity (Wildman–Crippen MR) is 79.5 cm³/mol. The fourth-order valence-electron chi connectivity index (χ4n) is 2.48. The number of nitro benzene ring substituents is 1. The van der Waals surface area contributed by atoms with Crippen LogP contribution in [0.2, 0.25) is 0 Å². The maximum absolute atomic E-state index is 11.2. The van der Waals surface area contributed by atoms with Crippen molar-refractivity contribution in [1.29, 1.82) is 0 Å². The molecule has 20 heavy (non-hydrogen) atoms. The molecule has 1 aromatic rings. The van der Waals surface area contributed by atoms with Crippen molar-refractivity contribution >= 4 is 23.0 Å². The van der Waals surface area contributed by atoms with Crippen molar-refractivity contribution in [3.8, 4) is 0 Å². The van der Waals surface area contributed by atoms with Crippen molar-refractivity contribution in [3.05, 3.63) is 33.9 Å². The molecule has 1 unspecified atom stereocenters. The van der Waals surface area contributed by atoms with E-state index in [2.05, 4.69) is 0 Å². The lowest BCUT2D eigenvalue weighted by molar-refractivity contribution is -0.384. The van der Waals surface area contributed by atoms with E-state index in [0.717, 1.165) is 31.4 Å². The Balaban J connectivity index is 2.15. The van der Waals surface area contributed by atoms with Gasteiger partial charge in [-0.1, -0.05) is 6.07 Å². The summed E-state index contributed by atoms with van der Waals surface area (Å²) >= 11 is 5.73. The van der Waals surface area contributed by atoms with Crippen molar-refractivity contribution in [3.63, 3.8) is 0 Å². The van der Waals surface area contributed by atoms with Gasteiger partial charge in [-0.05, 0) is 30.9 Å². The van der Waals surface area contributed by atoms with Crippen molar-refractivity contribution < 1.29 is 9.66 Å². The number of alkyl halides is 1. The number of rotatable bonds is 5. The Kier molecular flexibility index (Phi) is 5.20. The second kappa shape index (κ2) is 6.90. The Labute approximate surface area is 123 Å². The SMILES string of the molecule is CN(CC1CCCCO1)c1ccc(CCl)cc1[N+](=O)[O-]. The van der Waals surface area contributed by atoms with E-state index >= 15 is 0 Å². The molecule has 0 aromatic heterocycles. The molecule has 6 heteroatoms. The van der Waals surface area contributed by atoms with Crippen LogP contribution in [0.15, 0.2) is 18.2 Å². The van der Waals surface area contributed by atoms with Crippen molar-refractivity contribution in [1.82, 2.24) is 0 Å². The zero-order valence-corrected chi connectivity index (χ0v) is 12.3. The Hall–Kier alpha value is -1.33. The Morgan fingerprint density at radius 2 is 2.30 bits per heavy atom. The number of likely N-dealkylation sites (N-methyl/N-ethyl adjacent to an activating group) is 1. The smallest absolute Gasteiger partial charge is 0.292 e. The molecule has 1 aliphatic heterocycles. The molecular weight excluding hydrogens is 280 g/mol. The fourth-order valence-corrected chi connectivity index (χ4v) is 2.64. The Morgan fingerprint density at radius 3 is 2.90 bits per heavy atom. The van der Waals surface area contributed by atoms with Gasteiger partial charge in [-0.3, -0.25) is 10.1 Å². The predicted octanol–water partition coefficient (Wildman–Crippen LogP) is 3.34. The summed E-state index contributed by atoms with van der Waals surface area (Å²) in [6.07, 6.45) is 3.43. The molecule has 0 saturated carbocycles. The Bertz CT molecular complexity index is 475. The summed E-state index contributed by atoms with van der Waals surface area (Å²) < 4.78 is 5.68. The number of hydrogen-bond donors (Lipinski definition) is 0. The fraction of sp³-hybridized carbons (Fsp3) is 0.571. The normalized spacial score (nSPS) is 18.8.